The quantitative estimate of drug-likeness (QED) is 0.918. The molecule has 108 valence electrons. The van der Waals surface area contributed by atoms with Crippen molar-refractivity contribution in [3.8, 4) is 0 Å². The smallest absolute Gasteiger partial charge is 0.303 e. The van der Waals surface area contributed by atoms with Crippen molar-refractivity contribution < 1.29 is 14.7 Å². The fraction of sp³-hybridized carbons (Fsp3) is 0.533. The van der Waals surface area contributed by atoms with E-state index in [4.69, 9.17) is 5.11 Å². The highest BCUT2D eigenvalue weighted by molar-refractivity contribution is 5.92. The number of amides is 1. The van der Waals surface area contributed by atoms with Crippen molar-refractivity contribution >= 4 is 11.9 Å². The Labute approximate surface area is 118 Å². The van der Waals surface area contributed by atoms with Crippen molar-refractivity contribution in [2.75, 3.05) is 13.1 Å². The number of carboxylic acids is 1. The highest BCUT2D eigenvalue weighted by Crippen LogP contribution is 2.21. The number of aliphatic carboxylic acids is 1. The fourth-order valence-corrected chi connectivity index (χ4v) is 2.64. The first kappa shape index (κ1) is 14.5. The molecule has 1 aliphatic heterocycles. The number of aryl methyl sites for hydroxylation is 1. The van der Waals surface area contributed by atoms with Crippen LogP contribution in [0.4, 0.5) is 0 Å². The van der Waals surface area contributed by atoms with Gasteiger partial charge in [-0.2, -0.15) is 0 Å². The number of nitrogens with zero attached hydrogens (tertiary/aromatic N) is 2. The molecule has 5 heteroatoms. The molecule has 1 amide bonds. The summed E-state index contributed by atoms with van der Waals surface area (Å²) in [7, 11) is 0. The van der Waals surface area contributed by atoms with E-state index < -0.39 is 5.97 Å². The Balaban J connectivity index is 1.99. The molecule has 0 saturated carbocycles. The van der Waals surface area contributed by atoms with Gasteiger partial charge in [0, 0.05) is 25.2 Å². The molecule has 2 heterocycles. The number of rotatable bonds is 3. The van der Waals surface area contributed by atoms with Crippen molar-refractivity contribution in [1.82, 2.24) is 9.88 Å². The second-order valence-electron chi connectivity index (χ2n) is 5.35. The zero-order valence-corrected chi connectivity index (χ0v) is 11.7. The van der Waals surface area contributed by atoms with Gasteiger partial charge in [0.15, 0.2) is 0 Å². The predicted octanol–water partition coefficient (Wildman–Crippen LogP) is 2.11. The van der Waals surface area contributed by atoms with E-state index in [1.54, 1.807) is 11.0 Å². The molecule has 1 aromatic rings. The second-order valence-corrected chi connectivity index (χ2v) is 5.35. The molecule has 2 rings (SSSR count). The Kier molecular flexibility index (Phi) is 4.71. The Morgan fingerprint density at radius 2 is 2.15 bits per heavy atom. The fourth-order valence-electron chi connectivity index (χ4n) is 2.64. The molecule has 20 heavy (non-hydrogen) atoms. The summed E-state index contributed by atoms with van der Waals surface area (Å²) in [5.41, 5.74) is 1.30. The van der Waals surface area contributed by atoms with Gasteiger partial charge in [0.05, 0.1) is 0 Å². The van der Waals surface area contributed by atoms with Crippen LogP contribution in [-0.4, -0.2) is 40.0 Å². The molecule has 0 bridgehead atoms. The Morgan fingerprint density at radius 1 is 1.35 bits per heavy atom. The van der Waals surface area contributed by atoms with E-state index in [-0.39, 0.29) is 18.2 Å². The summed E-state index contributed by atoms with van der Waals surface area (Å²) in [6, 6.07) is 5.43. The van der Waals surface area contributed by atoms with Gasteiger partial charge >= 0.3 is 5.97 Å². The average molecular weight is 276 g/mol. The molecular formula is C15H20N2O3. The lowest BCUT2D eigenvalue weighted by Gasteiger charge is -2.20. The number of aromatic nitrogens is 1. The first-order valence-electron chi connectivity index (χ1n) is 7.01. The van der Waals surface area contributed by atoms with E-state index in [0.717, 1.165) is 25.0 Å². The lowest BCUT2D eigenvalue weighted by molar-refractivity contribution is -0.138. The van der Waals surface area contributed by atoms with Crippen molar-refractivity contribution in [3.63, 3.8) is 0 Å². The topological polar surface area (TPSA) is 70.5 Å². The summed E-state index contributed by atoms with van der Waals surface area (Å²) < 4.78 is 0. The second kappa shape index (κ2) is 6.50. The summed E-state index contributed by atoms with van der Waals surface area (Å²) in [6.07, 6.45) is 2.68. The minimum atomic E-state index is -0.755. The number of hydrogen-bond acceptors (Lipinski definition) is 3. The SMILES string of the molecule is Cc1cccc(C(=O)N2CCC[C@H](CC(=O)O)CC2)n1. The van der Waals surface area contributed by atoms with Crippen molar-refractivity contribution in [1.29, 1.82) is 0 Å². The number of carboxylic acid groups (broad SMARTS) is 1. The lowest BCUT2D eigenvalue weighted by atomic mass is 9.97. The van der Waals surface area contributed by atoms with Gasteiger partial charge in [0.1, 0.15) is 5.69 Å². The summed E-state index contributed by atoms with van der Waals surface area (Å²) in [5, 5.41) is 8.85. The van der Waals surface area contributed by atoms with Gasteiger partial charge in [-0.05, 0) is 44.2 Å². The van der Waals surface area contributed by atoms with E-state index >= 15 is 0 Å². The normalized spacial score (nSPS) is 19.4. The van der Waals surface area contributed by atoms with E-state index in [9.17, 15) is 9.59 Å². The van der Waals surface area contributed by atoms with E-state index in [1.807, 2.05) is 19.1 Å². The molecule has 1 saturated heterocycles. The molecule has 0 unspecified atom stereocenters. The van der Waals surface area contributed by atoms with Gasteiger partial charge in [-0.25, -0.2) is 4.98 Å². The minimum absolute atomic E-state index is 0.0512. The van der Waals surface area contributed by atoms with E-state index in [0.29, 0.717) is 18.8 Å². The first-order valence-corrected chi connectivity index (χ1v) is 7.01. The van der Waals surface area contributed by atoms with Crippen LogP contribution in [0.1, 0.15) is 41.9 Å². The molecule has 0 aliphatic carbocycles. The molecule has 1 aromatic heterocycles. The van der Waals surface area contributed by atoms with Crippen LogP contribution in [0.3, 0.4) is 0 Å². The van der Waals surface area contributed by atoms with Gasteiger partial charge in [-0.1, -0.05) is 6.07 Å². The third-order valence-corrected chi connectivity index (χ3v) is 3.71. The monoisotopic (exact) mass is 276 g/mol. The number of carbonyl (C=O) groups is 2. The molecule has 1 atom stereocenters. The number of carbonyl (C=O) groups excluding carboxylic acids is 1. The van der Waals surface area contributed by atoms with Crippen LogP contribution in [-0.2, 0) is 4.79 Å². The molecule has 0 aromatic carbocycles. The zero-order valence-electron chi connectivity index (χ0n) is 11.7. The van der Waals surface area contributed by atoms with Crippen LogP contribution in [0, 0.1) is 12.8 Å². The molecule has 0 radical (unpaired) electrons. The molecule has 1 aliphatic rings. The maximum atomic E-state index is 12.4. The molecule has 5 nitrogen and oxygen atoms in total. The summed E-state index contributed by atoms with van der Waals surface area (Å²) in [5.74, 6) is -0.629. The molecule has 1 fully saturated rings. The van der Waals surface area contributed by atoms with Crippen LogP contribution >= 0.6 is 0 Å². The largest absolute Gasteiger partial charge is 0.481 e. The molecular weight excluding hydrogens is 256 g/mol. The third-order valence-electron chi connectivity index (χ3n) is 3.71. The van der Waals surface area contributed by atoms with Gasteiger partial charge in [-0.3, -0.25) is 9.59 Å². The minimum Gasteiger partial charge on any atom is -0.481 e. The van der Waals surface area contributed by atoms with Crippen LogP contribution < -0.4 is 0 Å². The number of likely N-dealkylation sites (tertiary alicyclic amines) is 1. The highest BCUT2D eigenvalue weighted by Gasteiger charge is 2.23. The molecule has 1 N–H and O–H groups in total. The number of pyridine rings is 1. The standard InChI is InChI=1S/C15H20N2O3/c1-11-4-2-6-13(16-11)15(20)17-8-3-5-12(7-9-17)10-14(18)19/h2,4,6,12H,3,5,7-10H2,1H3,(H,18,19)/t12-/m0/s1. The van der Waals surface area contributed by atoms with Crippen molar-refractivity contribution in [2.45, 2.75) is 32.6 Å². The highest BCUT2D eigenvalue weighted by atomic mass is 16.4. The van der Waals surface area contributed by atoms with Crippen LogP contribution in [0.5, 0.6) is 0 Å². The van der Waals surface area contributed by atoms with Crippen LogP contribution in [0.25, 0.3) is 0 Å². The van der Waals surface area contributed by atoms with Gasteiger partial charge in [0.2, 0.25) is 0 Å². The van der Waals surface area contributed by atoms with Gasteiger partial charge in [0.25, 0.3) is 5.91 Å². The van der Waals surface area contributed by atoms with Crippen molar-refractivity contribution in [3.05, 3.63) is 29.6 Å². The van der Waals surface area contributed by atoms with Gasteiger partial charge < -0.3 is 10.0 Å². The summed E-state index contributed by atoms with van der Waals surface area (Å²) >= 11 is 0. The van der Waals surface area contributed by atoms with Crippen LogP contribution in [0.15, 0.2) is 18.2 Å². The maximum Gasteiger partial charge on any atom is 0.303 e. The Hall–Kier alpha value is -1.91. The van der Waals surface area contributed by atoms with Crippen molar-refractivity contribution in [2.24, 2.45) is 5.92 Å². The zero-order chi connectivity index (χ0) is 14.5. The Morgan fingerprint density at radius 3 is 2.85 bits per heavy atom. The first-order chi connectivity index (χ1) is 9.56. The van der Waals surface area contributed by atoms with Crippen LogP contribution in [0.2, 0.25) is 0 Å². The van der Waals surface area contributed by atoms with E-state index in [1.165, 1.54) is 0 Å². The van der Waals surface area contributed by atoms with E-state index in [2.05, 4.69) is 4.98 Å². The maximum absolute atomic E-state index is 12.4. The predicted molar refractivity (Wildman–Crippen MR) is 74.5 cm³/mol. The summed E-state index contributed by atoms with van der Waals surface area (Å²) in [6.45, 7) is 3.17. The third kappa shape index (κ3) is 3.79. The summed E-state index contributed by atoms with van der Waals surface area (Å²) in [4.78, 5) is 29.2. The molecule has 0 spiro atoms. The average Bonchev–Trinajstić information content (AvgIpc) is 2.63. The van der Waals surface area contributed by atoms with Gasteiger partial charge in [-0.15, -0.1) is 0 Å². The Bertz CT molecular complexity index is 502. The lowest BCUT2D eigenvalue weighted by Crippen LogP contribution is -2.32. The number of hydrogen-bond donors (Lipinski definition) is 1.